The van der Waals surface area contributed by atoms with Crippen molar-refractivity contribution in [1.29, 1.82) is 0 Å². The fourth-order valence-corrected chi connectivity index (χ4v) is 3.66. The molecule has 4 aromatic rings. The standard InChI is InChI=1S/C22H18F3N3O3S/c1-29-21-11-15(30-8-9-31-22(23,24)25)3-5-18(21)28-17-6-7-26-19-10-14(2-4-16(17)19)20-12-32-13-27-20/h2-7,10-13H,8-9H2,1H3,(H,26,28). The number of ether oxygens (including phenoxy) is 3. The lowest BCUT2D eigenvalue weighted by atomic mass is 10.1. The van der Waals surface area contributed by atoms with Gasteiger partial charge in [-0.05, 0) is 24.3 Å². The third kappa shape index (κ3) is 5.27. The molecule has 0 unspecified atom stereocenters. The van der Waals surface area contributed by atoms with Crippen molar-refractivity contribution in [3.8, 4) is 22.8 Å². The molecule has 6 nitrogen and oxygen atoms in total. The van der Waals surface area contributed by atoms with Crippen molar-refractivity contribution < 1.29 is 27.4 Å². The van der Waals surface area contributed by atoms with Crippen LogP contribution in [0.15, 0.2) is 59.6 Å². The highest BCUT2D eigenvalue weighted by Gasteiger charge is 2.28. The molecule has 0 aliphatic rings. The van der Waals surface area contributed by atoms with Crippen LogP contribution in [0.1, 0.15) is 0 Å². The minimum atomic E-state index is -4.68. The lowest BCUT2D eigenvalue weighted by Crippen LogP contribution is -2.18. The lowest BCUT2D eigenvalue weighted by molar-refractivity contribution is -0.325. The van der Waals surface area contributed by atoms with Crippen LogP contribution in [0.4, 0.5) is 24.5 Å². The van der Waals surface area contributed by atoms with E-state index in [0.29, 0.717) is 17.2 Å². The van der Waals surface area contributed by atoms with Gasteiger partial charge in [-0.15, -0.1) is 24.5 Å². The van der Waals surface area contributed by atoms with Crippen LogP contribution in [0.25, 0.3) is 22.2 Å². The second-order valence-corrected chi connectivity index (χ2v) is 7.31. The minimum absolute atomic E-state index is 0.244. The van der Waals surface area contributed by atoms with Gasteiger partial charge in [-0.2, -0.15) is 0 Å². The molecule has 0 amide bonds. The molecule has 0 saturated carbocycles. The first-order chi connectivity index (χ1) is 15.4. The Labute approximate surface area is 185 Å². The molecule has 0 spiro atoms. The van der Waals surface area contributed by atoms with E-state index in [1.807, 2.05) is 29.6 Å². The van der Waals surface area contributed by atoms with Crippen molar-refractivity contribution in [3.05, 3.63) is 59.6 Å². The van der Waals surface area contributed by atoms with Crippen LogP contribution in [-0.4, -0.2) is 36.7 Å². The second-order valence-electron chi connectivity index (χ2n) is 6.59. The predicted molar refractivity (Wildman–Crippen MR) is 117 cm³/mol. The highest BCUT2D eigenvalue weighted by atomic mass is 32.1. The number of halogens is 3. The Balaban J connectivity index is 1.52. The summed E-state index contributed by atoms with van der Waals surface area (Å²) in [6, 6.07) is 12.8. The Hall–Kier alpha value is -3.37. The number of methoxy groups -OCH3 is 1. The van der Waals surface area contributed by atoms with Gasteiger partial charge in [0.2, 0.25) is 0 Å². The van der Waals surface area contributed by atoms with Crippen LogP contribution >= 0.6 is 11.3 Å². The van der Waals surface area contributed by atoms with Crippen molar-refractivity contribution in [2.75, 3.05) is 25.6 Å². The van der Waals surface area contributed by atoms with Gasteiger partial charge in [0, 0.05) is 34.3 Å². The van der Waals surface area contributed by atoms with Crippen LogP contribution in [0.3, 0.4) is 0 Å². The topological polar surface area (TPSA) is 65.5 Å². The van der Waals surface area contributed by atoms with Gasteiger partial charge in [0.1, 0.15) is 18.1 Å². The molecule has 0 aliphatic carbocycles. The number of hydrogen-bond donors (Lipinski definition) is 1. The Bertz CT molecular complexity index is 1200. The molecule has 32 heavy (non-hydrogen) atoms. The molecule has 4 rings (SSSR count). The maximum atomic E-state index is 12.1. The zero-order valence-electron chi connectivity index (χ0n) is 16.8. The van der Waals surface area contributed by atoms with Crippen molar-refractivity contribution in [3.63, 3.8) is 0 Å². The summed E-state index contributed by atoms with van der Waals surface area (Å²) >= 11 is 1.53. The zero-order chi connectivity index (χ0) is 22.6. The van der Waals surface area contributed by atoms with Crippen molar-refractivity contribution >= 4 is 33.6 Å². The maximum Gasteiger partial charge on any atom is 0.522 e. The summed E-state index contributed by atoms with van der Waals surface area (Å²) in [5.74, 6) is 0.842. The molecule has 2 aromatic heterocycles. The first-order valence-electron chi connectivity index (χ1n) is 9.49. The number of thiazole rings is 1. The summed E-state index contributed by atoms with van der Waals surface area (Å²) in [6.07, 6.45) is -2.97. The van der Waals surface area contributed by atoms with Gasteiger partial charge in [-0.25, -0.2) is 4.98 Å². The van der Waals surface area contributed by atoms with Crippen LogP contribution in [0.5, 0.6) is 11.5 Å². The largest absolute Gasteiger partial charge is 0.522 e. The fraction of sp³-hybridized carbons (Fsp3) is 0.182. The predicted octanol–water partition coefficient (Wildman–Crippen LogP) is 6.03. The zero-order valence-corrected chi connectivity index (χ0v) is 17.7. The first-order valence-corrected chi connectivity index (χ1v) is 10.4. The van der Waals surface area contributed by atoms with E-state index in [9.17, 15) is 13.2 Å². The molecule has 2 heterocycles. The SMILES string of the molecule is COc1cc(OCCOC(F)(F)F)ccc1Nc1ccnc2cc(-c3cscn3)ccc12. The van der Waals surface area contributed by atoms with E-state index in [4.69, 9.17) is 9.47 Å². The summed E-state index contributed by atoms with van der Waals surface area (Å²) in [5, 5.41) is 6.22. The van der Waals surface area contributed by atoms with Gasteiger partial charge in [-0.3, -0.25) is 9.72 Å². The van der Waals surface area contributed by atoms with Gasteiger partial charge in [-0.1, -0.05) is 12.1 Å². The molecule has 0 fully saturated rings. The van der Waals surface area contributed by atoms with Crippen LogP contribution in [-0.2, 0) is 4.74 Å². The third-order valence-corrected chi connectivity index (χ3v) is 5.12. The monoisotopic (exact) mass is 461 g/mol. The fourth-order valence-electron chi connectivity index (χ4n) is 3.10. The van der Waals surface area contributed by atoms with E-state index in [0.717, 1.165) is 27.8 Å². The number of anilines is 2. The summed E-state index contributed by atoms with van der Waals surface area (Å²) in [4.78, 5) is 8.80. The lowest BCUT2D eigenvalue weighted by Gasteiger charge is -2.15. The van der Waals surface area contributed by atoms with E-state index in [1.54, 1.807) is 29.9 Å². The molecule has 0 saturated heterocycles. The number of hydrogen-bond acceptors (Lipinski definition) is 7. The smallest absolute Gasteiger partial charge is 0.494 e. The minimum Gasteiger partial charge on any atom is -0.494 e. The van der Waals surface area contributed by atoms with Gasteiger partial charge in [0.25, 0.3) is 0 Å². The number of benzene rings is 2. The molecule has 0 bridgehead atoms. The Morgan fingerprint density at radius 2 is 1.88 bits per heavy atom. The van der Waals surface area contributed by atoms with Gasteiger partial charge >= 0.3 is 6.36 Å². The first kappa shape index (κ1) is 21.8. The van der Waals surface area contributed by atoms with Crippen LogP contribution in [0, 0.1) is 0 Å². The Morgan fingerprint density at radius 1 is 1.00 bits per heavy atom. The highest BCUT2D eigenvalue weighted by Crippen LogP contribution is 2.34. The second kappa shape index (κ2) is 9.41. The summed E-state index contributed by atoms with van der Waals surface area (Å²) < 4.78 is 50.6. The molecule has 0 radical (unpaired) electrons. The molecule has 10 heteroatoms. The molecular formula is C22H18F3N3O3S. The molecule has 0 atom stereocenters. The quantitative estimate of drug-likeness (QED) is 0.324. The average molecular weight is 461 g/mol. The highest BCUT2D eigenvalue weighted by molar-refractivity contribution is 7.07. The number of pyridine rings is 1. The number of alkyl halides is 3. The van der Waals surface area contributed by atoms with Crippen LogP contribution < -0.4 is 14.8 Å². The Kier molecular flexibility index (Phi) is 6.42. The van der Waals surface area contributed by atoms with Gasteiger partial charge < -0.3 is 14.8 Å². The summed E-state index contributed by atoms with van der Waals surface area (Å²) in [5.41, 5.74) is 5.97. The van der Waals surface area contributed by atoms with E-state index in [2.05, 4.69) is 20.0 Å². The number of aromatic nitrogens is 2. The number of nitrogens with one attached hydrogen (secondary N) is 1. The molecule has 2 aromatic carbocycles. The third-order valence-electron chi connectivity index (χ3n) is 4.53. The molecule has 1 N–H and O–H groups in total. The van der Waals surface area contributed by atoms with E-state index >= 15 is 0 Å². The Morgan fingerprint density at radius 3 is 2.62 bits per heavy atom. The molecule has 0 aliphatic heterocycles. The van der Waals surface area contributed by atoms with E-state index in [-0.39, 0.29) is 6.61 Å². The molecule has 166 valence electrons. The van der Waals surface area contributed by atoms with Crippen LogP contribution in [0.2, 0.25) is 0 Å². The van der Waals surface area contributed by atoms with Crippen molar-refractivity contribution in [2.24, 2.45) is 0 Å². The van der Waals surface area contributed by atoms with Crippen molar-refractivity contribution in [2.45, 2.75) is 6.36 Å². The number of nitrogens with zero attached hydrogens (tertiary/aromatic N) is 2. The maximum absolute atomic E-state index is 12.1. The number of fused-ring (bicyclic) bond motifs is 1. The van der Waals surface area contributed by atoms with E-state index in [1.165, 1.54) is 18.4 Å². The molecular weight excluding hydrogens is 443 g/mol. The number of rotatable bonds is 8. The summed E-state index contributed by atoms with van der Waals surface area (Å²) in [7, 11) is 1.50. The van der Waals surface area contributed by atoms with Gasteiger partial charge in [0.05, 0.1) is 36.1 Å². The van der Waals surface area contributed by atoms with E-state index < -0.39 is 13.0 Å². The van der Waals surface area contributed by atoms with Crippen molar-refractivity contribution in [1.82, 2.24) is 9.97 Å². The summed E-state index contributed by atoms with van der Waals surface area (Å²) in [6.45, 7) is -0.844. The normalized spacial score (nSPS) is 11.5. The average Bonchev–Trinajstić information content (AvgIpc) is 3.32. The van der Waals surface area contributed by atoms with Gasteiger partial charge in [0.15, 0.2) is 0 Å².